The number of carboxylic acids is 1. The van der Waals surface area contributed by atoms with E-state index in [4.69, 9.17) is 5.11 Å². The van der Waals surface area contributed by atoms with Gasteiger partial charge in [-0.2, -0.15) is 0 Å². The minimum atomic E-state index is -1.06. The zero-order valence-corrected chi connectivity index (χ0v) is 10.9. The number of amides is 3. The topological polar surface area (TPSA) is 113 Å². The van der Waals surface area contributed by atoms with Crippen LogP contribution in [-0.2, 0) is 9.59 Å². The molecule has 20 heavy (non-hydrogen) atoms. The zero-order chi connectivity index (χ0) is 14.7. The summed E-state index contributed by atoms with van der Waals surface area (Å²) in [5.41, 5.74) is 0.536. The lowest BCUT2D eigenvalue weighted by Gasteiger charge is -2.07. The standard InChI is InChI=1S/C12H10N2O5S/c15-9(5-8-10(16)14-12(19)20-8)13-7-3-1-6(2-4-7)11(17)18/h1-4,8H,5H2,(H,13,15)(H,17,18)(H,14,16,19)/t8-/m1/s1. The Bertz CT molecular complexity index is 584. The molecule has 0 saturated carbocycles. The number of anilines is 1. The van der Waals surface area contributed by atoms with Gasteiger partial charge in [-0.15, -0.1) is 0 Å². The molecule has 1 aromatic rings. The molecular formula is C12H10N2O5S. The number of thioether (sulfide) groups is 1. The molecular weight excluding hydrogens is 284 g/mol. The maximum absolute atomic E-state index is 11.7. The van der Waals surface area contributed by atoms with E-state index in [-0.39, 0.29) is 12.0 Å². The molecule has 8 heteroatoms. The fourth-order valence-corrected chi connectivity index (χ4v) is 2.42. The first-order valence-corrected chi connectivity index (χ1v) is 6.48. The molecule has 3 N–H and O–H groups in total. The number of hydrogen-bond donors (Lipinski definition) is 3. The van der Waals surface area contributed by atoms with Crippen molar-refractivity contribution in [1.29, 1.82) is 0 Å². The molecule has 1 atom stereocenters. The second kappa shape index (κ2) is 5.74. The monoisotopic (exact) mass is 294 g/mol. The van der Waals surface area contributed by atoms with E-state index in [0.717, 1.165) is 11.8 Å². The smallest absolute Gasteiger partial charge is 0.335 e. The Morgan fingerprint density at radius 3 is 2.40 bits per heavy atom. The summed E-state index contributed by atoms with van der Waals surface area (Å²) < 4.78 is 0. The average Bonchev–Trinajstić information content (AvgIpc) is 2.68. The highest BCUT2D eigenvalue weighted by molar-refractivity contribution is 8.15. The number of carbonyl (C=O) groups excluding carboxylic acids is 3. The van der Waals surface area contributed by atoms with Gasteiger partial charge in [0.05, 0.1) is 5.56 Å². The van der Waals surface area contributed by atoms with Crippen LogP contribution in [0.2, 0.25) is 0 Å². The van der Waals surface area contributed by atoms with Gasteiger partial charge in [-0.25, -0.2) is 4.79 Å². The van der Waals surface area contributed by atoms with Crippen LogP contribution in [0, 0.1) is 0 Å². The van der Waals surface area contributed by atoms with Crippen LogP contribution < -0.4 is 10.6 Å². The highest BCUT2D eigenvalue weighted by atomic mass is 32.2. The Morgan fingerprint density at radius 1 is 1.25 bits per heavy atom. The number of benzene rings is 1. The summed E-state index contributed by atoms with van der Waals surface area (Å²) in [7, 11) is 0. The molecule has 0 aliphatic carbocycles. The van der Waals surface area contributed by atoms with Crippen LogP contribution in [-0.4, -0.2) is 33.4 Å². The Labute approximate surface area is 117 Å². The average molecular weight is 294 g/mol. The summed E-state index contributed by atoms with van der Waals surface area (Å²) in [6, 6.07) is 5.62. The lowest BCUT2D eigenvalue weighted by atomic mass is 10.2. The Hall–Kier alpha value is -2.35. The fourth-order valence-electron chi connectivity index (χ4n) is 1.60. The third-order valence-corrected chi connectivity index (χ3v) is 3.53. The van der Waals surface area contributed by atoms with E-state index in [0.29, 0.717) is 5.69 Å². The third-order valence-electron chi connectivity index (χ3n) is 2.55. The zero-order valence-electron chi connectivity index (χ0n) is 10.1. The predicted molar refractivity (Wildman–Crippen MR) is 71.6 cm³/mol. The molecule has 0 unspecified atom stereocenters. The molecule has 1 heterocycles. The first-order valence-electron chi connectivity index (χ1n) is 5.60. The Morgan fingerprint density at radius 2 is 1.90 bits per heavy atom. The van der Waals surface area contributed by atoms with Crippen LogP contribution in [0.1, 0.15) is 16.8 Å². The number of rotatable bonds is 4. The second-order valence-electron chi connectivity index (χ2n) is 4.02. The lowest BCUT2D eigenvalue weighted by Crippen LogP contribution is -2.27. The van der Waals surface area contributed by atoms with E-state index in [1.165, 1.54) is 24.3 Å². The summed E-state index contributed by atoms with van der Waals surface area (Å²) in [6.45, 7) is 0. The SMILES string of the molecule is O=C(C[C@H]1SC(=O)NC1=O)Nc1ccc(C(=O)O)cc1. The van der Waals surface area contributed by atoms with Gasteiger partial charge in [0.1, 0.15) is 5.25 Å². The minimum Gasteiger partial charge on any atom is -0.478 e. The van der Waals surface area contributed by atoms with Gasteiger partial charge < -0.3 is 10.4 Å². The van der Waals surface area contributed by atoms with E-state index in [1.807, 2.05) is 0 Å². The molecule has 3 amide bonds. The first kappa shape index (κ1) is 14.1. The van der Waals surface area contributed by atoms with Crippen molar-refractivity contribution in [3.63, 3.8) is 0 Å². The highest BCUT2D eigenvalue weighted by Crippen LogP contribution is 2.22. The van der Waals surface area contributed by atoms with Crippen molar-refractivity contribution in [1.82, 2.24) is 5.32 Å². The largest absolute Gasteiger partial charge is 0.478 e. The second-order valence-corrected chi connectivity index (χ2v) is 5.19. The van der Waals surface area contributed by atoms with Crippen LogP contribution in [0.4, 0.5) is 10.5 Å². The number of carbonyl (C=O) groups is 4. The van der Waals surface area contributed by atoms with E-state index in [1.54, 1.807) is 0 Å². The van der Waals surface area contributed by atoms with Crippen LogP contribution in [0.25, 0.3) is 0 Å². The molecule has 2 rings (SSSR count). The van der Waals surface area contributed by atoms with Gasteiger partial charge in [-0.05, 0) is 24.3 Å². The van der Waals surface area contributed by atoms with Gasteiger partial charge in [-0.1, -0.05) is 11.8 Å². The van der Waals surface area contributed by atoms with Crippen molar-refractivity contribution in [2.45, 2.75) is 11.7 Å². The molecule has 0 spiro atoms. The molecule has 7 nitrogen and oxygen atoms in total. The van der Waals surface area contributed by atoms with E-state index in [9.17, 15) is 19.2 Å². The number of nitrogens with one attached hydrogen (secondary N) is 2. The molecule has 1 aromatic carbocycles. The van der Waals surface area contributed by atoms with Gasteiger partial charge in [0.25, 0.3) is 5.24 Å². The lowest BCUT2D eigenvalue weighted by molar-refractivity contribution is -0.122. The quantitative estimate of drug-likeness (QED) is 0.765. The highest BCUT2D eigenvalue weighted by Gasteiger charge is 2.33. The van der Waals surface area contributed by atoms with Gasteiger partial charge in [0.15, 0.2) is 0 Å². The molecule has 1 fully saturated rings. The van der Waals surface area contributed by atoms with Crippen molar-refractivity contribution in [3.8, 4) is 0 Å². The summed E-state index contributed by atoms with van der Waals surface area (Å²) >= 11 is 0.781. The molecule has 0 bridgehead atoms. The molecule has 1 aliphatic heterocycles. The van der Waals surface area contributed by atoms with Gasteiger partial charge >= 0.3 is 5.97 Å². The summed E-state index contributed by atoms with van der Waals surface area (Å²) in [4.78, 5) is 44.6. The van der Waals surface area contributed by atoms with Crippen molar-refractivity contribution in [2.75, 3.05) is 5.32 Å². The van der Waals surface area contributed by atoms with Crippen LogP contribution >= 0.6 is 11.8 Å². The molecule has 0 radical (unpaired) electrons. The van der Waals surface area contributed by atoms with E-state index >= 15 is 0 Å². The van der Waals surface area contributed by atoms with Crippen LogP contribution in [0.15, 0.2) is 24.3 Å². The molecule has 0 aromatic heterocycles. The predicted octanol–water partition coefficient (Wildman–Crippen LogP) is 1.06. The van der Waals surface area contributed by atoms with Crippen molar-refractivity contribution < 1.29 is 24.3 Å². The van der Waals surface area contributed by atoms with Gasteiger partial charge in [-0.3, -0.25) is 19.7 Å². The number of aromatic carboxylic acids is 1. The first-order chi connectivity index (χ1) is 9.45. The van der Waals surface area contributed by atoms with Crippen LogP contribution in [0.3, 0.4) is 0 Å². The van der Waals surface area contributed by atoms with Crippen molar-refractivity contribution in [3.05, 3.63) is 29.8 Å². The van der Waals surface area contributed by atoms with Gasteiger partial charge in [0, 0.05) is 12.1 Å². The van der Waals surface area contributed by atoms with Crippen molar-refractivity contribution in [2.24, 2.45) is 0 Å². The molecule has 1 aliphatic rings. The maximum Gasteiger partial charge on any atom is 0.335 e. The summed E-state index contributed by atoms with van der Waals surface area (Å²) in [5, 5.41) is 12.2. The molecule has 1 saturated heterocycles. The maximum atomic E-state index is 11.7. The number of hydrogen-bond acceptors (Lipinski definition) is 5. The Balaban J connectivity index is 1.93. The normalized spacial score (nSPS) is 17.7. The minimum absolute atomic E-state index is 0.110. The Kier molecular flexibility index (Phi) is 4.04. The van der Waals surface area contributed by atoms with Crippen LogP contribution in [0.5, 0.6) is 0 Å². The number of carboxylic acid groups (broad SMARTS) is 1. The fraction of sp³-hybridized carbons (Fsp3) is 0.167. The van der Waals surface area contributed by atoms with Gasteiger partial charge in [0.2, 0.25) is 11.8 Å². The van der Waals surface area contributed by atoms with E-state index < -0.39 is 28.3 Å². The summed E-state index contributed by atoms with van der Waals surface area (Å²) in [5.74, 6) is -1.95. The van der Waals surface area contributed by atoms with Crippen molar-refractivity contribution >= 4 is 40.5 Å². The molecule has 104 valence electrons. The van der Waals surface area contributed by atoms with E-state index in [2.05, 4.69) is 10.6 Å². The number of imide groups is 1. The third kappa shape index (κ3) is 3.35. The summed E-state index contributed by atoms with van der Waals surface area (Å²) in [6.07, 6.45) is -0.122.